The fourth-order valence-corrected chi connectivity index (χ4v) is 2.21. The van der Waals surface area contributed by atoms with Crippen molar-refractivity contribution in [1.82, 2.24) is 0 Å². The van der Waals surface area contributed by atoms with E-state index in [1.165, 1.54) is 32.4 Å². The molecule has 0 aliphatic carbocycles. The van der Waals surface area contributed by atoms with Gasteiger partial charge in [-0.2, -0.15) is 0 Å². The van der Waals surface area contributed by atoms with Crippen molar-refractivity contribution >= 4 is 11.6 Å². The van der Waals surface area contributed by atoms with Gasteiger partial charge in [0.2, 0.25) is 0 Å². The topological polar surface area (TPSA) is 38.7 Å². The fourth-order valence-electron chi connectivity index (χ4n) is 1.98. The molecule has 0 heterocycles. The molecule has 0 saturated heterocycles. The van der Waals surface area contributed by atoms with Crippen LogP contribution in [0, 0.1) is 11.6 Å². The summed E-state index contributed by atoms with van der Waals surface area (Å²) in [6.07, 6.45) is -1.42. The zero-order valence-corrected chi connectivity index (χ0v) is 12.1. The van der Waals surface area contributed by atoms with E-state index in [9.17, 15) is 13.9 Å². The SMILES string of the molecule is COc1cc(F)c(C(O)c2cccc(F)c2Cl)cc1OC. The first-order chi connectivity index (χ1) is 9.99. The van der Waals surface area contributed by atoms with Crippen LogP contribution in [0.25, 0.3) is 0 Å². The van der Waals surface area contributed by atoms with Gasteiger partial charge in [-0.25, -0.2) is 8.78 Å². The molecule has 0 aliphatic rings. The predicted octanol–water partition coefficient (Wildman–Crippen LogP) is 3.72. The molecule has 1 unspecified atom stereocenters. The van der Waals surface area contributed by atoms with Crippen LogP contribution in [-0.4, -0.2) is 19.3 Å². The summed E-state index contributed by atoms with van der Waals surface area (Å²) in [5, 5.41) is 10.0. The maximum atomic E-state index is 14.1. The smallest absolute Gasteiger partial charge is 0.163 e. The fraction of sp³-hybridized carbons (Fsp3) is 0.200. The second-order valence-corrected chi connectivity index (χ2v) is 4.65. The van der Waals surface area contributed by atoms with E-state index in [0.29, 0.717) is 0 Å². The van der Waals surface area contributed by atoms with Crippen LogP contribution in [0.4, 0.5) is 8.78 Å². The third-order valence-electron chi connectivity index (χ3n) is 3.07. The molecule has 21 heavy (non-hydrogen) atoms. The molecular formula is C15H13ClF2O3. The third-order valence-corrected chi connectivity index (χ3v) is 3.47. The molecule has 112 valence electrons. The molecule has 0 spiro atoms. The van der Waals surface area contributed by atoms with E-state index in [1.54, 1.807) is 0 Å². The first-order valence-corrected chi connectivity index (χ1v) is 6.40. The van der Waals surface area contributed by atoms with Gasteiger partial charge < -0.3 is 14.6 Å². The largest absolute Gasteiger partial charge is 0.493 e. The minimum Gasteiger partial charge on any atom is -0.493 e. The van der Waals surface area contributed by atoms with Crippen molar-refractivity contribution in [3.63, 3.8) is 0 Å². The van der Waals surface area contributed by atoms with Gasteiger partial charge in [0.05, 0.1) is 19.2 Å². The van der Waals surface area contributed by atoms with Crippen LogP contribution in [0.15, 0.2) is 30.3 Å². The highest BCUT2D eigenvalue weighted by Crippen LogP contribution is 2.36. The zero-order chi connectivity index (χ0) is 15.6. The van der Waals surface area contributed by atoms with Crippen LogP contribution in [0.5, 0.6) is 11.5 Å². The van der Waals surface area contributed by atoms with Gasteiger partial charge in [0.15, 0.2) is 11.5 Å². The molecule has 0 bridgehead atoms. The lowest BCUT2D eigenvalue weighted by Gasteiger charge is -2.16. The van der Waals surface area contributed by atoms with Gasteiger partial charge in [0, 0.05) is 17.2 Å². The third kappa shape index (κ3) is 2.94. The lowest BCUT2D eigenvalue weighted by atomic mass is 10.00. The molecule has 2 aromatic carbocycles. The van der Waals surface area contributed by atoms with Crippen LogP contribution in [-0.2, 0) is 0 Å². The second kappa shape index (κ2) is 6.28. The summed E-state index contributed by atoms with van der Waals surface area (Å²) < 4.78 is 37.6. The lowest BCUT2D eigenvalue weighted by molar-refractivity contribution is 0.213. The van der Waals surface area contributed by atoms with Gasteiger partial charge >= 0.3 is 0 Å². The van der Waals surface area contributed by atoms with Crippen molar-refractivity contribution in [3.05, 3.63) is 58.1 Å². The van der Waals surface area contributed by atoms with Crippen LogP contribution < -0.4 is 9.47 Å². The van der Waals surface area contributed by atoms with Crippen LogP contribution >= 0.6 is 11.6 Å². The van der Waals surface area contributed by atoms with Crippen molar-refractivity contribution in [2.24, 2.45) is 0 Å². The van der Waals surface area contributed by atoms with E-state index in [2.05, 4.69) is 0 Å². The van der Waals surface area contributed by atoms with Crippen LogP contribution in [0.2, 0.25) is 5.02 Å². The Balaban J connectivity index is 2.53. The molecule has 1 atom stereocenters. The molecule has 0 aliphatic heterocycles. The summed E-state index contributed by atoms with van der Waals surface area (Å²) in [6.45, 7) is 0. The highest BCUT2D eigenvalue weighted by atomic mass is 35.5. The Morgan fingerprint density at radius 2 is 1.62 bits per heavy atom. The van der Waals surface area contributed by atoms with E-state index in [-0.39, 0.29) is 27.6 Å². The number of hydrogen-bond donors (Lipinski definition) is 1. The maximum Gasteiger partial charge on any atom is 0.163 e. The number of hydrogen-bond acceptors (Lipinski definition) is 3. The van der Waals surface area contributed by atoms with E-state index in [1.807, 2.05) is 0 Å². The Kier molecular flexibility index (Phi) is 4.65. The number of halogens is 3. The van der Waals surface area contributed by atoms with Crippen molar-refractivity contribution < 1.29 is 23.4 Å². The quantitative estimate of drug-likeness (QED) is 0.935. The monoisotopic (exact) mass is 314 g/mol. The van der Waals surface area contributed by atoms with Gasteiger partial charge in [-0.05, 0) is 12.1 Å². The van der Waals surface area contributed by atoms with Crippen molar-refractivity contribution in [2.75, 3.05) is 14.2 Å². The normalized spacial score (nSPS) is 12.1. The summed E-state index contributed by atoms with van der Waals surface area (Å²) in [4.78, 5) is 0. The molecule has 6 heteroatoms. The number of aliphatic hydroxyl groups is 1. The maximum absolute atomic E-state index is 14.1. The first kappa shape index (κ1) is 15.5. The lowest BCUT2D eigenvalue weighted by Crippen LogP contribution is -2.05. The predicted molar refractivity (Wildman–Crippen MR) is 75.0 cm³/mol. The highest BCUT2D eigenvalue weighted by molar-refractivity contribution is 6.31. The van der Waals surface area contributed by atoms with E-state index in [4.69, 9.17) is 21.1 Å². The van der Waals surface area contributed by atoms with Gasteiger partial charge in [-0.3, -0.25) is 0 Å². The molecule has 0 amide bonds. The Morgan fingerprint density at radius 3 is 2.24 bits per heavy atom. The molecule has 2 rings (SSSR count). The molecule has 0 aromatic heterocycles. The molecule has 2 aromatic rings. The molecule has 0 radical (unpaired) electrons. The average Bonchev–Trinajstić information content (AvgIpc) is 2.49. The number of ether oxygens (including phenoxy) is 2. The van der Waals surface area contributed by atoms with Crippen molar-refractivity contribution in [2.45, 2.75) is 6.10 Å². The van der Waals surface area contributed by atoms with Crippen LogP contribution in [0.1, 0.15) is 17.2 Å². The van der Waals surface area contributed by atoms with E-state index in [0.717, 1.165) is 12.1 Å². The number of rotatable bonds is 4. The second-order valence-electron chi connectivity index (χ2n) is 4.27. The molecule has 3 nitrogen and oxygen atoms in total. The molecule has 0 fully saturated rings. The Hall–Kier alpha value is -1.85. The van der Waals surface area contributed by atoms with E-state index < -0.39 is 17.7 Å². The van der Waals surface area contributed by atoms with E-state index >= 15 is 0 Å². The molecule has 1 N–H and O–H groups in total. The zero-order valence-electron chi connectivity index (χ0n) is 11.4. The minimum atomic E-state index is -1.42. The summed E-state index contributed by atoms with van der Waals surface area (Å²) in [5.41, 5.74) is -0.0112. The summed E-state index contributed by atoms with van der Waals surface area (Å²) >= 11 is 5.81. The minimum absolute atomic E-state index is 0.0720. The Labute approximate surface area is 125 Å². The average molecular weight is 315 g/mol. The first-order valence-electron chi connectivity index (χ1n) is 6.03. The number of benzene rings is 2. The van der Waals surface area contributed by atoms with Gasteiger partial charge in [-0.1, -0.05) is 23.7 Å². The highest BCUT2D eigenvalue weighted by Gasteiger charge is 2.22. The Bertz CT molecular complexity index is 662. The summed E-state index contributed by atoms with van der Waals surface area (Å²) in [7, 11) is 2.76. The standard InChI is InChI=1S/C15H13ClF2O3/c1-20-12-6-9(11(18)7-13(12)21-2)15(19)8-4-3-5-10(17)14(8)16/h3-7,15,19H,1-2H3. The molecule has 0 saturated carbocycles. The van der Waals surface area contributed by atoms with Gasteiger partial charge in [0.25, 0.3) is 0 Å². The number of aliphatic hydroxyl groups excluding tert-OH is 1. The number of methoxy groups -OCH3 is 2. The Morgan fingerprint density at radius 1 is 1.00 bits per heavy atom. The molecular weight excluding hydrogens is 302 g/mol. The van der Waals surface area contributed by atoms with Gasteiger partial charge in [-0.15, -0.1) is 0 Å². The van der Waals surface area contributed by atoms with Gasteiger partial charge in [0.1, 0.15) is 17.7 Å². The van der Waals surface area contributed by atoms with Crippen LogP contribution in [0.3, 0.4) is 0 Å². The summed E-state index contributed by atoms with van der Waals surface area (Å²) in [5.74, 6) is -0.952. The van der Waals surface area contributed by atoms with Crippen molar-refractivity contribution in [1.29, 1.82) is 0 Å². The van der Waals surface area contributed by atoms with Crippen molar-refractivity contribution in [3.8, 4) is 11.5 Å². The summed E-state index contributed by atoms with van der Waals surface area (Å²) in [6, 6.07) is 6.35.